The van der Waals surface area contributed by atoms with Gasteiger partial charge in [0.2, 0.25) is 0 Å². The summed E-state index contributed by atoms with van der Waals surface area (Å²) in [6.07, 6.45) is 8.70. The molecule has 0 aromatic carbocycles. The van der Waals surface area contributed by atoms with Gasteiger partial charge >= 0.3 is 0 Å². The van der Waals surface area contributed by atoms with Crippen molar-refractivity contribution >= 4 is 0 Å². The molecular formula is C12H23N. The van der Waals surface area contributed by atoms with Gasteiger partial charge in [-0.25, -0.2) is 0 Å². The summed E-state index contributed by atoms with van der Waals surface area (Å²) in [7, 11) is 0. The number of rotatable bonds is 3. The van der Waals surface area contributed by atoms with Crippen molar-refractivity contribution in [2.75, 3.05) is 6.54 Å². The molecule has 76 valence electrons. The van der Waals surface area contributed by atoms with E-state index in [9.17, 15) is 0 Å². The molecular weight excluding hydrogens is 158 g/mol. The molecule has 2 fully saturated rings. The fourth-order valence-electron chi connectivity index (χ4n) is 3.21. The van der Waals surface area contributed by atoms with Crippen LogP contribution >= 0.6 is 0 Å². The average molecular weight is 181 g/mol. The Hall–Kier alpha value is -0.0400. The minimum absolute atomic E-state index is 0.562. The van der Waals surface area contributed by atoms with Crippen LogP contribution in [-0.4, -0.2) is 12.1 Å². The van der Waals surface area contributed by atoms with Crippen LogP contribution in [0.2, 0.25) is 0 Å². The summed E-state index contributed by atoms with van der Waals surface area (Å²) in [5.74, 6) is 1.86. The number of nitrogens with one attached hydrogen (secondary N) is 1. The van der Waals surface area contributed by atoms with Crippen LogP contribution in [0.4, 0.5) is 0 Å². The molecule has 1 saturated carbocycles. The Balaban J connectivity index is 2.00. The Bertz CT molecular complexity index is 164. The van der Waals surface area contributed by atoms with Crippen molar-refractivity contribution < 1.29 is 0 Å². The summed E-state index contributed by atoms with van der Waals surface area (Å²) in [5, 5.41) is 3.80. The summed E-state index contributed by atoms with van der Waals surface area (Å²) in [5.41, 5.74) is 0.562. The summed E-state index contributed by atoms with van der Waals surface area (Å²) in [6.45, 7) is 5.99. The van der Waals surface area contributed by atoms with Gasteiger partial charge in [0.1, 0.15) is 0 Å². The maximum Gasteiger partial charge on any atom is 0.0212 e. The van der Waals surface area contributed by atoms with Crippen LogP contribution in [0.1, 0.15) is 52.4 Å². The van der Waals surface area contributed by atoms with Gasteiger partial charge in [-0.2, -0.15) is 0 Å². The molecule has 1 N–H and O–H groups in total. The monoisotopic (exact) mass is 181 g/mol. The fourth-order valence-corrected chi connectivity index (χ4v) is 3.21. The molecule has 1 saturated heterocycles. The highest BCUT2D eigenvalue weighted by Gasteiger charge is 2.43. The highest BCUT2D eigenvalue weighted by Crippen LogP contribution is 2.44. The van der Waals surface area contributed by atoms with E-state index in [-0.39, 0.29) is 0 Å². The largest absolute Gasteiger partial charge is 0.311 e. The molecule has 0 bridgehead atoms. The summed E-state index contributed by atoms with van der Waals surface area (Å²) >= 11 is 0. The van der Waals surface area contributed by atoms with Gasteiger partial charge in [0.25, 0.3) is 0 Å². The quantitative estimate of drug-likeness (QED) is 0.706. The van der Waals surface area contributed by atoms with Crippen molar-refractivity contribution in [3.63, 3.8) is 0 Å². The van der Waals surface area contributed by atoms with Gasteiger partial charge < -0.3 is 5.32 Å². The van der Waals surface area contributed by atoms with E-state index in [2.05, 4.69) is 19.2 Å². The van der Waals surface area contributed by atoms with Crippen LogP contribution in [0, 0.1) is 11.8 Å². The van der Waals surface area contributed by atoms with Crippen molar-refractivity contribution in [3.8, 4) is 0 Å². The smallest absolute Gasteiger partial charge is 0.0212 e. The van der Waals surface area contributed by atoms with Gasteiger partial charge in [0, 0.05) is 5.54 Å². The molecule has 2 rings (SSSR count). The lowest BCUT2D eigenvalue weighted by Gasteiger charge is -2.44. The maximum absolute atomic E-state index is 3.80. The Morgan fingerprint density at radius 1 is 1.31 bits per heavy atom. The van der Waals surface area contributed by atoms with Crippen LogP contribution in [0.25, 0.3) is 0 Å². The Morgan fingerprint density at radius 3 is 2.46 bits per heavy atom. The third-order valence-electron chi connectivity index (χ3n) is 3.94. The van der Waals surface area contributed by atoms with Crippen molar-refractivity contribution in [2.45, 2.75) is 57.9 Å². The molecule has 0 amide bonds. The number of hydrogen-bond acceptors (Lipinski definition) is 1. The second kappa shape index (κ2) is 3.61. The highest BCUT2D eigenvalue weighted by molar-refractivity contribution is 5.01. The van der Waals surface area contributed by atoms with E-state index in [1.54, 1.807) is 0 Å². The van der Waals surface area contributed by atoms with Crippen LogP contribution < -0.4 is 5.32 Å². The van der Waals surface area contributed by atoms with E-state index in [0.717, 1.165) is 11.8 Å². The highest BCUT2D eigenvalue weighted by atomic mass is 15.0. The predicted molar refractivity (Wildman–Crippen MR) is 56.8 cm³/mol. The van der Waals surface area contributed by atoms with E-state index >= 15 is 0 Å². The Morgan fingerprint density at radius 2 is 2.08 bits per heavy atom. The average Bonchev–Trinajstić information content (AvgIpc) is 2.31. The van der Waals surface area contributed by atoms with Crippen molar-refractivity contribution in [1.82, 2.24) is 5.32 Å². The minimum Gasteiger partial charge on any atom is -0.311 e. The molecule has 1 unspecified atom stereocenters. The molecule has 0 aromatic heterocycles. The van der Waals surface area contributed by atoms with Crippen molar-refractivity contribution in [2.24, 2.45) is 11.8 Å². The van der Waals surface area contributed by atoms with E-state index in [1.165, 1.54) is 45.1 Å². The standard InChI is InChI=1S/C12H23N/c1-10(2)9-12(7-4-8-13-12)11-5-3-6-11/h10-11,13H,3-9H2,1-2H3. The van der Waals surface area contributed by atoms with Crippen LogP contribution in [0.3, 0.4) is 0 Å². The normalized spacial score (nSPS) is 35.3. The molecule has 0 aromatic rings. The summed E-state index contributed by atoms with van der Waals surface area (Å²) in [6, 6.07) is 0. The fraction of sp³-hybridized carbons (Fsp3) is 1.00. The first-order valence-corrected chi connectivity index (χ1v) is 5.98. The zero-order valence-electron chi connectivity index (χ0n) is 9.10. The first-order valence-electron chi connectivity index (χ1n) is 5.98. The Kier molecular flexibility index (Phi) is 2.64. The Labute approximate surface area is 82.3 Å². The van der Waals surface area contributed by atoms with Gasteiger partial charge in [-0.1, -0.05) is 20.3 Å². The SMILES string of the molecule is CC(C)CC1(C2CCC2)CCCN1. The van der Waals surface area contributed by atoms with E-state index in [4.69, 9.17) is 0 Å². The first kappa shape index (κ1) is 9.51. The van der Waals surface area contributed by atoms with Gasteiger partial charge in [-0.15, -0.1) is 0 Å². The molecule has 0 radical (unpaired) electrons. The molecule has 13 heavy (non-hydrogen) atoms. The topological polar surface area (TPSA) is 12.0 Å². The molecule has 1 heterocycles. The van der Waals surface area contributed by atoms with Gasteiger partial charge in [-0.05, 0) is 50.5 Å². The first-order chi connectivity index (χ1) is 6.23. The van der Waals surface area contributed by atoms with Gasteiger partial charge in [0.05, 0.1) is 0 Å². The van der Waals surface area contributed by atoms with Crippen LogP contribution in [0.5, 0.6) is 0 Å². The lowest BCUT2D eigenvalue weighted by molar-refractivity contribution is 0.121. The van der Waals surface area contributed by atoms with Crippen molar-refractivity contribution in [3.05, 3.63) is 0 Å². The summed E-state index contributed by atoms with van der Waals surface area (Å²) < 4.78 is 0. The zero-order valence-corrected chi connectivity index (χ0v) is 9.10. The zero-order chi connectivity index (χ0) is 9.31. The molecule has 1 heteroatoms. The van der Waals surface area contributed by atoms with E-state index in [0.29, 0.717) is 5.54 Å². The second-order valence-electron chi connectivity index (χ2n) is 5.41. The molecule has 1 nitrogen and oxygen atoms in total. The van der Waals surface area contributed by atoms with Crippen molar-refractivity contribution in [1.29, 1.82) is 0 Å². The number of hydrogen-bond donors (Lipinski definition) is 1. The molecule has 1 aliphatic heterocycles. The van der Waals surface area contributed by atoms with E-state index < -0.39 is 0 Å². The lowest BCUT2D eigenvalue weighted by atomic mass is 9.67. The molecule has 1 aliphatic carbocycles. The second-order valence-corrected chi connectivity index (χ2v) is 5.41. The molecule has 0 spiro atoms. The predicted octanol–water partition coefficient (Wildman–Crippen LogP) is 2.95. The third-order valence-corrected chi connectivity index (χ3v) is 3.94. The summed E-state index contributed by atoms with van der Waals surface area (Å²) in [4.78, 5) is 0. The van der Waals surface area contributed by atoms with Crippen LogP contribution in [-0.2, 0) is 0 Å². The third kappa shape index (κ3) is 1.76. The minimum atomic E-state index is 0.562. The van der Waals surface area contributed by atoms with Gasteiger partial charge in [0.15, 0.2) is 0 Å². The maximum atomic E-state index is 3.80. The van der Waals surface area contributed by atoms with Crippen LogP contribution in [0.15, 0.2) is 0 Å². The van der Waals surface area contributed by atoms with Gasteiger partial charge in [-0.3, -0.25) is 0 Å². The molecule has 2 aliphatic rings. The lowest BCUT2D eigenvalue weighted by Crippen LogP contribution is -2.50. The van der Waals surface area contributed by atoms with E-state index in [1.807, 2.05) is 0 Å². The molecule has 1 atom stereocenters.